The number of hydrogen-bond donors (Lipinski definition) is 0. The molecule has 0 radical (unpaired) electrons. The quantitative estimate of drug-likeness (QED) is 0.0862. The van der Waals surface area contributed by atoms with Gasteiger partial charge in [0, 0.05) is 6.42 Å². The molecule has 0 aliphatic heterocycles. The molecule has 2 nitrogen and oxygen atoms in total. The van der Waals surface area contributed by atoms with Crippen LogP contribution in [0.1, 0.15) is 188 Å². The molecule has 0 aromatic rings. The molecule has 0 saturated heterocycles. The maximum absolute atomic E-state index is 12.6. The van der Waals surface area contributed by atoms with Crippen LogP contribution in [0.4, 0.5) is 0 Å². The van der Waals surface area contributed by atoms with E-state index >= 15 is 0 Å². The highest BCUT2D eigenvalue weighted by molar-refractivity contribution is 5.69. The number of carbonyl (C=O) groups excluding carboxylic acids is 1. The molecule has 2 unspecified atom stereocenters. The summed E-state index contributed by atoms with van der Waals surface area (Å²) in [5, 5.41) is 0. The Labute approximate surface area is 215 Å². The normalized spacial score (nSPS) is 13.2. The predicted octanol–water partition coefficient (Wildman–Crippen LogP) is 11.3. The SMILES string of the molecule is CCCCCCCCCCCCC(OC(=O)CCCCCCCCCCC)C(CC)CCCC. The zero-order chi connectivity index (χ0) is 25.1. The molecule has 0 N–H and O–H groups in total. The van der Waals surface area contributed by atoms with Gasteiger partial charge in [0.25, 0.3) is 0 Å². The summed E-state index contributed by atoms with van der Waals surface area (Å²) in [5.74, 6) is 0.612. The van der Waals surface area contributed by atoms with Crippen LogP contribution in [0.2, 0.25) is 0 Å². The van der Waals surface area contributed by atoms with Gasteiger partial charge in [-0.1, -0.05) is 150 Å². The number of esters is 1. The van der Waals surface area contributed by atoms with Crippen molar-refractivity contribution in [2.75, 3.05) is 0 Å². The van der Waals surface area contributed by atoms with Gasteiger partial charge < -0.3 is 4.74 Å². The number of rotatable bonds is 27. The van der Waals surface area contributed by atoms with Crippen LogP contribution in [0.5, 0.6) is 0 Å². The molecule has 0 amide bonds. The summed E-state index contributed by atoms with van der Waals surface area (Å²) in [6.07, 6.45) is 31.9. The molecule has 0 aromatic carbocycles. The molecule has 0 rings (SSSR count). The fourth-order valence-corrected chi connectivity index (χ4v) is 5.15. The third-order valence-corrected chi connectivity index (χ3v) is 7.59. The minimum atomic E-state index is 0.0648. The van der Waals surface area contributed by atoms with E-state index in [0.29, 0.717) is 12.3 Å². The van der Waals surface area contributed by atoms with Crippen LogP contribution in [-0.2, 0) is 9.53 Å². The molecule has 34 heavy (non-hydrogen) atoms. The second-order valence-corrected chi connectivity index (χ2v) is 10.9. The second kappa shape index (κ2) is 27.1. The summed E-state index contributed by atoms with van der Waals surface area (Å²) in [4.78, 5) is 12.6. The molecular weight excluding hydrogens is 416 g/mol. The first-order chi connectivity index (χ1) is 16.7. The zero-order valence-corrected chi connectivity index (χ0v) is 24.1. The first-order valence-electron chi connectivity index (χ1n) is 15.9. The van der Waals surface area contributed by atoms with E-state index in [1.54, 1.807) is 0 Å². The summed E-state index contributed by atoms with van der Waals surface area (Å²) in [6, 6.07) is 0. The van der Waals surface area contributed by atoms with E-state index in [0.717, 1.165) is 19.3 Å². The topological polar surface area (TPSA) is 26.3 Å². The zero-order valence-electron chi connectivity index (χ0n) is 24.1. The van der Waals surface area contributed by atoms with Crippen molar-refractivity contribution in [2.45, 2.75) is 194 Å². The molecule has 0 bridgehead atoms. The van der Waals surface area contributed by atoms with Crippen LogP contribution in [0.25, 0.3) is 0 Å². The highest BCUT2D eigenvalue weighted by atomic mass is 16.5. The minimum absolute atomic E-state index is 0.0648. The Hall–Kier alpha value is -0.530. The van der Waals surface area contributed by atoms with Gasteiger partial charge in [-0.25, -0.2) is 0 Å². The van der Waals surface area contributed by atoms with Crippen LogP contribution in [-0.4, -0.2) is 12.1 Å². The van der Waals surface area contributed by atoms with Crippen molar-refractivity contribution in [1.82, 2.24) is 0 Å². The number of carbonyl (C=O) groups is 1. The largest absolute Gasteiger partial charge is 0.462 e. The van der Waals surface area contributed by atoms with Crippen molar-refractivity contribution < 1.29 is 9.53 Å². The Kier molecular flexibility index (Phi) is 26.6. The van der Waals surface area contributed by atoms with Crippen molar-refractivity contribution >= 4 is 5.97 Å². The maximum atomic E-state index is 12.6. The molecule has 0 heterocycles. The van der Waals surface area contributed by atoms with Crippen molar-refractivity contribution in [3.05, 3.63) is 0 Å². The fourth-order valence-electron chi connectivity index (χ4n) is 5.15. The summed E-state index contributed by atoms with van der Waals surface area (Å²) >= 11 is 0. The van der Waals surface area contributed by atoms with Crippen LogP contribution in [0.3, 0.4) is 0 Å². The molecule has 204 valence electrons. The third kappa shape index (κ3) is 22.0. The van der Waals surface area contributed by atoms with Gasteiger partial charge in [-0.2, -0.15) is 0 Å². The lowest BCUT2D eigenvalue weighted by Gasteiger charge is -2.26. The standard InChI is InChI=1S/C32H64O2/c1-5-9-12-14-16-18-20-21-23-25-28-31(30(8-4)27-11-7-3)34-32(33)29-26-24-22-19-17-15-13-10-6-2/h30-31H,5-29H2,1-4H3. The molecule has 0 fully saturated rings. The van der Waals surface area contributed by atoms with Gasteiger partial charge in [0.1, 0.15) is 6.10 Å². The average Bonchev–Trinajstić information content (AvgIpc) is 2.84. The van der Waals surface area contributed by atoms with Gasteiger partial charge in [-0.15, -0.1) is 0 Å². The van der Waals surface area contributed by atoms with Crippen molar-refractivity contribution in [1.29, 1.82) is 0 Å². The summed E-state index contributed by atoms with van der Waals surface area (Å²) in [5.41, 5.74) is 0. The molecule has 0 aliphatic carbocycles. The Morgan fingerprint density at radius 1 is 0.500 bits per heavy atom. The van der Waals surface area contributed by atoms with Crippen molar-refractivity contribution in [2.24, 2.45) is 5.92 Å². The Balaban J connectivity index is 4.11. The van der Waals surface area contributed by atoms with Crippen LogP contribution in [0, 0.1) is 5.92 Å². The van der Waals surface area contributed by atoms with Crippen molar-refractivity contribution in [3.8, 4) is 0 Å². The fraction of sp³-hybridized carbons (Fsp3) is 0.969. The van der Waals surface area contributed by atoms with Gasteiger partial charge in [-0.05, 0) is 38.0 Å². The Bertz CT molecular complexity index is 406. The van der Waals surface area contributed by atoms with Gasteiger partial charge in [0.2, 0.25) is 0 Å². The lowest BCUT2D eigenvalue weighted by Crippen LogP contribution is -2.27. The lowest BCUT2D eigenvalue weighted by molar-refractivity contribution is -0.152. The summed E-state index contributed by atoms with van der Waals surface area (Å²) in [6.45, 7) is 9.10. The first-order valence-corrected chi connectivity index (χ1v) is 15.9. The highest BCUT2D eigenvalue weighted by Crippen LogP contribution is 2.25. The molecule has 0 aliphatic rings. The van der Waals surface area contributed by atoms with E-state index in [1.807, 2.05) is 0 Å². The highest BCUT2D eigenvalue weighted by Gasteiger charge is 2.23. The summed E-state index contributed by atoms with van der Waals surface area (Å²) < 4.78 is 6.12. The lowest BCUT2D eigenvalue weighted by atomic mass is 9.90. The van der Waals surface area contributed by atoms with E-state index in [1.165, 1.54) is 135 Å². The van der Waals surface area contributed by atoms with Gasteiger partial charge in [0.05, 0.1) is 0 Å². The molecule has 2 atom stereocenters. The number of ether oxygens (including phenoxy) is 1. The number of hydrogen-bond acceptors (Lipinski definition) is 2. The molecule has 0 spiro atoms. The smallest absolute Gasteiger partial charge is 0.306 e. The van der Waals surface area contributed by atoms with Gasteiger partial charge in [0.15, 0.2) is 0 Å². The second-order valence-electron chi connectivity index (χ2n) is 10.9. The van der Waals surface area contributed by atoms with Gasteiger partial charge in [-0.3, -0.25) is 4.79 Å². The third-order valence-electron chi connectivity index (χ3n) is 7.59. The van der Waals surface area contributed by atoms with Crippen molar-refractivity contribution in [3.63, 3.8) is 0 Å². The van der Waals surface area contributed by atoms with Crippen LogP contribution in [0.15, 0.2) is 0 Å². The van der Waals surface area contributed by atoms with E-state index in [4.69, 9.17) is 4.74 Å². The molecule has 0 aromatic heterocycles. The number of unbranched alkanes of at least 4 members (excludes halogenated alkanes) is 18. The van der Waals surface area contributed by atoms with E-state index in [-0.39, 0.29) is 12.1 Å². The minimum Gasteiger partial charge on any atom is -0.462 e. The van der Waals surface area contributed by atoms with Crippen LogP contribution < -0.4 is 0 Å². The predicted molar refractivity (Wildman–Crippen MR) is 151 cm³/mol. The van der Waals surface area contributed by atoms with E-state index in [2.05, 4.69) is 27.7 Å². The van der Waals surface area contributed by atoms with E-state index in [9.17, 15) is 4.79 Å². The van der Waals surface area contributed by atoms with Crippen LogP contribution >= 0.6 is 0 Å². The molecule has 0 saturated carbocycles. The molecular formula is C32H64O2. The van der Waals surface area contributed by atoms with E-state index < -0.39 is 0 Å². The monoisotopic (exact) mass is 480 g/mol. The first kappa shape index (κ1) is 33.5. The summed E-state index contributed by atoms with van der Waals surface area (Å²) in [7, 11) is 0. The Morgan fingerprint density at radius 2 is 0.912 bits per heavy atom. The Morgan fingerprint density at radius 3 is 1.35 bits per heavy atom. The average molecular weight is 481 g/mol. The maximum Gasteiger partial charge on any atom is 0.306 e. The van der Waals surface area contributed by atoms with Gasteiger partial charge >= 0.3 is 5.97 Å². The molecule has 2 heteroatoms.